The molecule has 1 aliphatic rings. The van der Waals surface area contributed by atoms with Gasteiger partial charge in [-0.2, -0.15) is 18.2 Å². The van der Waals surface area contributed by atoms with Gasteiger partial charge in [0.05, 0.1) is 24.6 Å². The maximum Gasteiger partial charge on any atom is 0.421 e. The van der Waals surface area contributed by atoms with Crippen LogP contribution >= 0.6 is 0 Å². The van der Waals surface area contributed by atoms with Gasteiger partial charge in [0, 0.05) is 31.4 Å². The molecule has 10 nitrogen and oxygen atoms in total. The van der Waals surface area contributed by atoms with Crippen molar-refractivity contribution in [1.82, 2.24) is 20.0 Å². The quantitative estimate of drug-likeness (QED) is 0.380. The highest BCUT2D eigenvalue weighted by Gasteiger charge is 2.37. The maximum atomic E-state index is 14.3. The molecule has 0 unspecified atom stereocenters. The Morgan fingerprint density at radius 3 is 2.42 bits per heavy atom. The largest absolute Gasteiger partial charge is 0.494 e. The van der Waals surface area contributed by atoms with Gasteiger partial charge < -0.3 is 20.7 Å². The number of anilines is 3. The van der Waals surface area contributed by atoms with Crippen LogP contribution in [0.3, 0.4) is 0 Å². The zero-order valence-corrected chi connectivity index (χ0v) is 20.5. The average Bonchev–Trinajstić information content (AvgIpc) is 2.79. The fourth-order valence-corrected chi connectivity index (χ4v) is 4.74. The van der Waals surface area contributed by atoms with Crippen molar-refractivity contribution >= 4 is 33.4 Å². The number of rotatable bonds is 8. The van der Waals surface area contributed by atoms with Crippen molar-refractivity contribution < 1.29 is 35.5 Å². The van der Waals surface area contributed by atoms with E-state index in [-0.39, 0.29) is 22.9 Å². The Hall–Kier alpha value is -3.20. The van der Waals surface area contributed by atoms with Crippen molar-refractivity contribution in [2.45, 2.75) is 43.9 Å². The summed E-state index contributed by atoms with van der Waals surface area (Å²) in [7, 11) is -1.03. The van der Waals surface area contributed by atoms with E-state index in [0.29, 0.717) is 31.9 Å². The Labute approximate surface area is 205 Å². The average molecular weight is 535 g/mol. The minimum absolute atomic E-state index is 0.0390. The van der Waals surface area contributed by atoms with Gasteiger partial charge in [-0.05, 0) is 18.9 Å². The molecular formula is C21H26F4N6O4S. The summed E-state index contributed by atoms with van der Waals surface area (Å²) in [5.74, 6) is -2.48. The van der Waals surface area contributed by atoms with Crippen LogP contribution in [0.2, 0.25) is 0 Å². The number of benzene rings is 1. The number of carbonyl (C=O) groups excluding carboxylic acids is 1. The molecule has 1 aromatic carbocycles. The molecule has 1 fully saturated rings. The van der Waals surface area contributed by atoms with Gasteiger partial charge >= 0.3 is 6.18 Å². The first-order chi connectivity index (χ1) is 16.8. The lowest BCUT2D eigenvalue weighted by Crippen LogP contribution is -2.48. The molecule has 0 spiro atoms. The first kappa shape index (κ1) is 27.4. The molecule has 15 heteroatoms. The van der Waals surface area contributed by atoms with Crippen LogP contribution in [0.5, 0.6) is 5.75 Å². The number of hydrogen-bond donors (Lipinski definition) is 4. The summed E-state index contributed by atoms with van der Waals surface area (Å²) in [4.78, 5) is 19.7. The van der Waals surface area contributed by atoms with Crippen LogP contribution in [0.15, 0.2) is 18.3 Å². The summed E-state index contributed by atoms with van der Waals surface area (Å²) in [5, 5.41) is 7.69. The third-order valence-corrected chi connectivity index (χ3v) is 6.29. The van der Waals surface area contributed by atoms with Gasteiger partial charge in [-0.15, -0.1) is 0 Å². The molecule has 36 heavy (non-hydrogen) atoms. The van der Waals surface area contributed by atoms with Crippen LogP contribution in [-0.4, -0.2) is 56.8 Å². The Balaban J connectivity index is 1.99. The molecule has 0 saturated heterocycles. The molecule has 0 aliphatic heterocycles. The summed E-state index contributed by atoms with van der Waals surface area (Å²) in [6.45, 7) is 0. The summed E-state index contributed by atoms with van der Waals surface area (Å²) in [5.41, 5.74) is -1.44. The Morgan fingerprint density at radius 2 is 1.83 bits per heavy atom. The molecule has 1 aliphatic carbocycles. The Kier molecular flexibility index (Phi) is 8.23. The first-order valence-electron chi connectivity index (χ1n) is 10.9. The van der Waals surface area contributed by atoms with Crippen LogP contribution in [0.4, 0.5) is 35.0 Å². The van der Waals surface area contributed by atoms with E-state index >= 15 is 0 Å². The molecule has 0 radical (unpaired) electrons. The maximum absolute atomic E-state index is 14.3. The number of methoxy groups -OCH3 is 1. The fourth-order valence-electron chi connectivity index (χ4n) is 3.91. The zero-order valence-electron chi connectivity index (χ0n) is 19.7. The van der Waals surface area contributed by atoms with Crippen LogP contribution in [0.1, 0.15) is 41.6 Å². The number of halogens is 4. The van der Waals surface area contributed by atoms with Crippen molar-refractivity contribution in [3.05, 3.63) is 35.3 Å². The van der Waals surface area contributed by atoms with Gasteiger partial charge in [-0.25, -0.2) is 22.5 Å². The topological polar surface area (TPSA) is 134 Å². The van der Waals surface area contributed by atoms with E-state index in [9.17, 15) is 30.8 Å². The lowest BCUT2D eigenvalue weighted by molar-refractivity contribution is -0.137. The molecule has 198 valence electrons. The number of nitrogens with zero attached hydrogens (tertiary/aromatic N) is 2. The number of ether oxygens (including phenoxy) is 1. The Morgan fingerprint density at radius 1 is 1.17 bits per heavy atom. The highest BCUT2D eigenvalue weighted by molar-refractivity contribution is 7.88. The molecular weight excluding hydrogens is 508 g/mol. The van der Waals surface area contributed by atoms with E-state index in [0.717, 1.165) is 18.4 Å². The number of aromatic nitrogens is 2. The van der Waals surface area contributed by atoms with Crippen LogP contribution in [-0.2, 0) is 16.2 Å². The van der Waals surface area contributed by atoms with E-state index in [1.807, 2.05) is 0 Å². The van der Waals surface area contributed by atoms with Gasteiger partial charge in [0.25, 0.3) is 5.91 Å². The molecule has 2 atom stereocenters. The van der Waals surface area contributed by atoms with E-state index in [1.54, 1.807) is 0 Å². The second kappa shape index (κ2) is 10.8. The van der Waals surface area contributed by atoms with Gasteiger partial charge in [0.15, 0.2) is 0 Å². The van der Waals surface area contributed by atoms with Crippen molar-refractivity contribution in [1.29, 1.82) is 0 Å². The molecule has 1 heterocycles. The molecule has 1 saturated carbocycles. The summed E-state index contributed by atoms with van der Waals surface area (Å²) in [6, 6.07) is 0.777. The monoisotopic (exact) mass is 534 g/mol. The summed E-state index contributed by atoms with van der Waals surface area (Å²) >= 11 is 0. The zero-order chi connectivity index (χ0) is 26.7. The lowest BCUT2D eigenvalue weighted by Gasteiger charge is -2.33. The first-order valence-corrected chi connectivity index (χ1v) is 12.8. The second-order valence-corrected chi connectivity index (χ2v) is 10.0. The fraction of sp³-hybridized carbons (Fsp3) is 0.476. The molecule has 2 aromatic rings. The number of carbonyl (C=O) groups is 1. The second-order valence-electron chi connectivity index (χ2n) is 8.22. The number of sulfonamides is 1. The van der Waals surface area contributed by atoms with Gasteiger partial charge in [-0.1, -0.05) is 12.8 Å². The predicted molar refractivity (Wildman–Crippen MR) is 124 cm³/mol. The third kappa shape index (κ3) is 6.72. The number of hydrogen-bond acceptors (Lipinski definition) is 8. The lowest BCUT2D eigenvalue weighted by atomic mass is 9.91. The predicted octanol–water partition coefficient (Wildman–Crippen LogP) is 3.02. The highest BCUT2D eigenvalue weighted by Crippen LogP contribution is 2.36. The third-order valence-electron chi connectivity index (χ3n) is 5.56. The van der Waals surface area contributed by atoms with E-state index in [1.165, 1.54) is 14.2 Å². The summed E-state index contributed by atoms with van der Waals surface area (Å²) < 4.78 is 86.5. The van der Waals surface area contributed by atoms with E-state index < -0.39 is 51.4 Å². The van der Waals surface area contributed by atoms with Crippen LogP contribution in [0, 0.1) is 5.82 Å². The molecule has 4 N–H and O–H groups in total. The van der Waals surface area contributed by atoms with Gasteiger partial charge in [0.2, 0.25) is 16.0 Å². The molecule has 3 rings (SSSR count). The normalized spacial score (nSPS) is 18.4. The number of alkyl halides is 3. The minimum atomic E-state index is -4.80. The molecule has 0 bridgehead atoms. The van der Waals surface area contributed by atoms with Gasteiger partial charge in [0.1, 0.15) is 22.9 Å². The van der Waals surface area contributed by atoms with Crippen LogP contribution < -0.4 is 25.4 Å². The Bertz CT molecular complexity index is 1230. The van der Waals surface area contributed by atoms with Crippen molar-refractivity contribution in [3.8, 4) is 5.75 Å². The van der Waals surface area contributed by atoms with E-state index in [2.05, 4.69) is 30.6 Å². The van der Waals surface area contributed by atoms with Crippen molar-refractivity contribution in [3.63, 3.8) is 0 Å². The minimum Gasteiger partial charge on any atom is -0.494 e. The van der Waals surface area contributed by atoms with E-state index in [4.69, 9.17) is 4.74 Å². The van der Waals surface area contributed by atoms with Gasteiger partial charge in [-0.3, -0.25) is 4.79 Å². The number of amides is 1. The van der Waals surface area contributed by atoms with Crippen LogP contribution in [0.25, 0.3) is 0 Å². The van der Waals surface area contributed by atoms with Crippen molar-refractivity contribution in [2.24, 2.45) is 0 Å². The molecule has 1 aromatic heterocycles. The van der Waals surface area contributed by atoms with Crippen molar-refractivity contribution in [2.75, 3.05) is 31.0 Å². The summed E-state index contributed by atoms with van der Waals surface area (Å²) in [6.07, 6.45) is -0.978. The standard InChI is InChI=1S/C21H26F4N6O4S/c1-26-19(32)11-8-16(17(35-2)9-13(11)22)29-20-27-10-12(21(23,24)25)18(30-20)28-14-6-4-5-7-15(14)31-36(3,33)34/h8-10,14-15,31H,4-7H2,1-3H3,(H,26,32)(H2,27,28,29,30)/t14-,15-/m1/s1. The SMILES string of the molecule is CNC(=O)c1cc(Nc2ncc(C(F)(F)F)c(N[C@@H]3CCCC[C@H]3NS(C)(=O)=O)n2)c(OC)cc1F. The smallest absolute Gasteiger partial charge is 0.421 e. The number of nitrogens with one attached hydrogen (secondary N) is 4. The highest BCUT2D eigenvalue weighted by atomic mass is 32.2. The molecule has 1 amide bonds.